The Kier molecular flexibility index (Phi) is 10.3. The molecule has 1 aromatic rings. The van der Waals surface area contributed by atoms with E-state index in [-0.39, 0.29) is 37.3 Å². The molecule has 0 saturated carbocycles. The monoisotopic (exact) mass is 509 g/mol. The van der Waals surface area contributed by atoms with E-state index in [9.17, 15) is 34.2 Å². The molecule has 1 aliphatic heterocycles. The number of amides is 4. The van der Waals surface area contributed by atoms with Crippen molar-refractivity contribution in [3.05, 3.63) is 29.8 Å². The quantitative estimate of drug-likeness (QED) is 0.165. The van der Waals surface area contributed by atoms with Gasteiger partial charge in [0, 0.05) is 25.1 Å². The Bertz CT molecular complexity index is 943. The summed E-state index contributed by atoms with van der Waals surface area (Å²) >= 11 is 3.96. The van der Waals surface area contributed by atoms with Gasteiger partial charge in [-0.3, -0.25) is 19.2 Å². The molecule has 1 fully saturated rings. The number of nitrogens with one attached hydrogen (secondary N) is 2. The molecule has 2 rings (SSSR count). The Morgan fingerprint density at radius 2 is 1.77 bits per heavy atom. The summed E-state index contributed by atoms with van der Waals surface area (Å²) in [5.74, 6) is -3.72. The first-order chi connectivity index (χ1) is 16.5. The molecule has 1 aromatic carbocycles. The summed E-state index contributed by atoms with van der Waals surface area (Å²) in [7, 11) is 0. The smallest absolute Gasteiger partial charge is 0.326 e. The number of carboxylic acids is 1. The second-order valence-corrected chi connectivity index (χ2v) is 8.68. The number of carbonyl (C=O) groups excluding carboxylic acids is 4. The molecule has 8 N–H and O–H groups in total. The lowest BCUT2D eigenvalue weighted by Gasteiger charge is -2.29. The van der Waals surface area contributed by atoms with Gasteiger partial charge in [-0.1, -0.05) is 12.1 Å². The number of aromatic hydroxyl groups is 1. The molecule has 0 bridgehead atoms. The van der Waals surface area contributed by atoms with Crippen molar-refractivity contribution >= 4 is 42.2 Å². The first-order valence-electron chi connectivity index (χ1n) is 11.1. The lowest BCUT2D eigenvalue weighted by atomic mass is 10.0. The van der Waals surface area contributed by atoms with Crippen LogP contribution in [0.1, 0.15) is 31.2 Å². The Balaban J connectivity index is 2.13. The topological polar surface area (TPSA) is 205 Å². The van der Waals surface area contributed by atoms with Crippen LogP contribution >= 0.6 is 12.6 Å². The highest BCUT2D eigenvalue weighted by atomic mass is 32.1. The SMILES string of the molecule is NC(=O)CCC(NC(=O)C(N)CS)C(=O)N1CCCC1C(=O)NC(Cc1ccc(O)cc1)C(=O)O. The fourth-order valence-electron chi connectivity index (χ4n) is 3.74. The second kappa shape index (κ2) is 13.0. The molecule has 12 nitrogen and oxygen atoms in total. The summed E-state index contributed by atoms with van der Waals surface area (Å²) in [5.41, 5.74) is 11.4. The summed E-state index contributed by atoms with van der Waals surface area (Å²) in [6, 6.07) is 1.59. The largest absolute Gasteiger partial charge is 0.508 e. The molecule has 1 aliphatic rings. The number of benzene rings is 1. The van der Waals surface area contributed by atoms with Crippen molar-refractivity contribution in [1.29, 1.82) is 0 Å². The lowest BCUT2D eigenvalue weighted by Crippen LogP contribution is -2.57. The molecule has 1 saturated heterocycles. The van der Waals surface area contributed by atoms with Gasteiger partial charge in [0.2, 0.25) is 23.6 Å². The van der Waals surface area contributed by atoms with E-state index in [2.05, 4.69) is 23.3 Å². The Morgan fingerprint density at radius 1 is 1.11 bits per heavy atom. The van der Waals surface area contributed by atoms with E-state index in [0.717, 1.165) is 0 Å². The van der Waals surface area contributed by atoms with Crippen LogP contribution in [0.15, 0.2) is 24.3 Å². The highest BCUT2D eigenvalue weighted by Gasteiger charge is 2.39. The van der Waals surface area contributed by atoms with E-state index in [1.165, 1.54) is 17.0 Å². The van der Waals surface area contributed by atoms with Crippen LogP contribution in [0.2, 0.25) is 0 Å². The molecule has 1 heterocycles. The number of nitrogens with zero attached hydrogens (tertiary/aromatic N) is 1. The van der Waals surface area contributed by atoms with E-state index in [1.807, 2.05) is 0 Å². The fraction of sp³-hybridized carbons (Fsp3) is 0.500. The first kappa shape index (κ1) is 27.9. The predicted octanol–water partition coefficient (Wildman–Crippen LogP) is -1.50. The number of rotatable bonds is 12. The first-order valence-corrected chi connectivity index (χ1v) is 11.7. The summed E-state index contributed by atoms with van der Waals surface area (Å²) in [6.07, 6.45) is 0.511. The molecule has 0 spiro atoms. The van der Waals surface area contributed by atoms with Gasteiger partial charge in [-0.2, -0.15) is 12.6 Å². The number of phenolic OH excluding ortho intramolecular Hbond substituents is 1. The summed E-state index contributed by atoms with van der Waals surface area (Å²) in [6.45, 7) is 0.216. The molecule has 35 heavy (non-hydrogen) atoms. The van der Waals surface area contributed by atoms with Crippen molar-refractivity contribution in [2.24, 2.45) is 11.5 Å². The van der Waals surface area contributed by atoms with Crippen molar-refractivity contribution < 1.29 is 34.2 Å². The highest BCUT2D eigenvalue weighted by molar-refractivity contribution is 7.80. The van der Waals surface area contributed by atoms with Gasteiger partial charge in [-0.15, -0.1) is 0 Å². The van der Waals surface area contributed by atoms with Crippen LogP contribution in [0.25, 0.3) is 0 Å². The molecular formula is C22H31N5O7S. The molecule has 4 unspecified atom stereocenters. The molecule has 0 aliphatic carbocycles. The molecule has 0 radical (unpaired) electrons. The number of hydrogen-bond acceptors (Lipinski definition) is 8. The zero-order valence-corrected chi connectivity index (χ0v) is 19.9. The number of thiol groups is 1. The van der Waals surface area contributed by atoms with E-state index in [4.69, 9.17) is 11.5 Å². The van der Waals surface area contributed by atoms with Crippen molar-refractivity contribution in [2.45, 2.75) is 56.3 Å². The number of phenols is 1. The van der Waals surface area contributed by atoms with E-state index in [1.54, 1.807) is 12.1 Å². The Morgan fingerprint density at radius 3 is 2.34 bits per heavy atom. The van der Waals surface area contributed by atoms with Gasteiger partial charge >= 0.3 is 5.97 Å². The fourth-order valence-corrected chi connectivity index (χ4v) is 3.91. The Labute approximate surface area is 207 Å². The number of likely N-dealkylation sites (tertiary alicyclic amines) is 1. The minimum atomic E-state index is -1.26. The number of hydrogen-bond donors (Lipinski definition) is 7. The van der Waals surface area contributed by atoms with Crippen molar-refractivity contribution in [1.82, 2.24) is 15.5 Å². The summed E-state index contributed by atoms with van der Waals surface area (Å²) in [5, 5.41) is 24.0. The maximum atomic E-state index is 13.2. The maximum absolute atomic E-state index is 13.2. The van der Waals surface area contributed by atoms with Gasteiger partial charge < -0.3 is 37.2 Å². The van der Waals surface area contributed by atoms with Crippen molar-refractivity contribution in [2.75, 3.05) is 12.3 Å². The standard InChI is InChI=1S/C22H31N5O7S/c23-14(11-35)19(30)25-15(7-8-18(24)29)21(32)27-9-1-2-17(27)20(31)26-16(22(33)34)10-12-3-5-13(28)6-4-12/h3-6,14-17,28,35H,1-2,7-11,23H2,(H2,24,29)(H,25,30)(H,26,31)(H,33,34). The maximum Gasteiger partial charge on any atom is 0.326 e. The number of nitrogens with two attached hydrogens (primary N) is 2. The van der Waals surface area contributed by atoms with Gasteiger partial charge in [0.15, 0.2) is 0 Å². The predicted molar refractivity (Wildman–Crippen MR) is 128 cm³/mol. The molecule has 0 aromatic heterocycles. The van der Waals surface area contributed by atoms with Crippen LogP contribution < -0.4 is 22.1 Å². The van der Waals surface area contributed by atoms with E-state index >= 15 is 0 Å². The van der Waals surface area contributed by atoms with Crippen LogP contribution in [0.3, 0.4) is 0 Å². The third-order valence-corrected chi connectivity index (χ3v) is 6.05. The lowest BCUT2D eigenvalue weighted by molar-refractivity contribution is -0.145. The molecule has 192 valence electrons. The zero-order valence-electron chi connectivity index (χ0n) is 19.1. The minimum absolute atomic E-state index is 0.0260. The van der Waals surface area contributed by atoms with Gasteiger partial charge in [-0.25, -0.2) is 4.79 Å². The Hall–Kier alpha value is -3.32. The average molecular weight is 510 g/mol. The van der Waals surface area contributed by atoms with E-state index < -0.39 is 53.8 Å². The van der Waals surface area contributed by atoms with Crippen LogP contribution in [-0.4, -0.2) is 81.2 Å². The second-order valence-electron chi connectivity index (χ2n) is 8.31. The van der Waals surface area contributed by atoms with E-state index in [0.29, 0.717) is 18.4 Å². The number of carboxylic acid groups (broad SMARTS) is 1. The third kappa shape index (κ3) is 8.14. The van der Waals surface area contributed by atoms with Gasteiger partial charge in [-0.05, 0) is 37.0 Å². The summed E-state index contributed by atoms with van der Waals surface area (Å²) in [4.78, 5) is 62.8. The van der Waals surface area contributed by atoms with Gasteiger partial charge in [0.05, 0.1) is 6.04 Å². The molecule has 4 atom stereocenters. The average Bonchev–Trinajstić information content (AvgIpc) is 3.31. The molecule has 4 amide bonds. The van der Waals surface area contributed by atoms with Crippen LogP contribution in [0, 0.1) is 0 Å². The highest BCUT2D eigenvalue weighted by Crippen LogP contribution is 2.20. The van der Waals surface area contributed by atoms with Crippen molar-refractivity contribution in [3.63, 3.8) is 0 Å². The number of primary amides is 1. The zero-order chi connectivity index (χ0) is 26.1. The third-order valence-electron chi connectivity index (χ3n) is 5.66. The van der Waals surface area contributed by atoms with Crippen LogP contribution in [-0.2, 0) is 30.4 Å². The molecular weight excluding hydrogens is 478 g/mol. The van der Waals surface area contributed by atoms with Crippen molar-refractivity contribution in [3.8, 4) is 5.75 Å². The van der Waals surface area contributed by atoms with Crippen LogP contribution in [0.5, 0.6) is 5.75 Å². The number of aliphatic carboxylic acids is 1. The normalized spacial score (nSPS) is 17.8. The number of carbonyl (C=O) groups is 5. The molecule has 13 heteroatoms. The summed E-state index contributed by atoms with van der Waals surface area (Å²) < 4.78 is 0. The van der Waals surface area contributed by atoms with Gasteiger partial charge in [0.25, 0.3) is 0 Å². The van der Waals surface area contributed by atoms with Gasteiger partial charge in [0.1, 0.15) is 23.9 Å². The van der Waals surface area contributed by atoms with Crippen LogP contribution in [0.4, 0.5) is 0 Å². The minimum Gasteiger partial charge on any atom is -0.508 e.